The summed E-state index contributed by atoms with van der Waals surface area (Å²) >= 11 is 0. The first-order valence-corrected chi connectivity index (χ1v) is 4.41. The molecule has 1 heteroatoms. The molecular weight excluding hydrogens is 136 g/mol. The zero-order valence-corrected chi connectivity index (χ0v) is 8.03. The summed E-state index contributed by atoms with van der Waals surface area (Å²) in [6.45, 7) is 9.66. The van der Waals surface area contributed by atoms with Crippen molar-refractivity contribution in [1.82, 2.24) is 0 Å². The molecule has 0 aromatic rings. The number of rotatable bonds is 2. The maximum Gasteiger partial charge on any atom is 0.0910 e. The van der Waals surface area contributed by atoms with Crippen molar-refractivity contribution < 1.29 is 4.74 Å². The highest BCUT2D eigenvalue weighted by molar-refractivity contribution is 5.22. The molecule has 1 aliphatic rings. The van der Waals surface area contributed by atoms with Crippen molar-refractivity contribution in [1.29, 1.82) is 0 Å². The average molecular weight is 154 g/mol. The Hall–Kier alpha value is -0.300. The number of allylic oxidation sites excluding steroid dienone is 1. The molecule has 0 spiro atoms. The third-order valence-electron chi connectivity index (χ3n) is 2.89. The molecule has 0 amide bonds. The minimum Gasteiger partial charge on any atom is -0.370 e. The Kier molecular flexibility index (Phi) is 2.38. The van der Waals surface area contributed by atoms with Crippen molar-refractivity contribution in [3.05, 3.63) is 11.1 Å². The van der Waals surface area contributed by atoms with E-state index in [9.17, 15) is 0 Å². The molecule has 0 aromatic carbocycles. The van der Waals surface area contributed by atoms with Gasteiger partial charge in [-0.2, -0.15) is 0 Å². The zero-order valence-electron chi connectivity index (χ0n) is 8.03. The molecule has 0 aliphatic carbocycles. The van der Waals surface area contributed by atoms with Crippen LogP contribution in [-0.2, 0) is 4.74 Å². The van der Waals surface area contributed by atoms with Crippen LogP contribution < -0.4 is 0 Å². The van der Waals surface area contributed by atoms with E-state index in [0.717, 1.165) is 13.0 Å². The molecule has 0 N–H and O–H groups in total. The third kappa shape index (κ3) is 1.34. The van der Waals surface area contributed by atoms with E-state index in [4.69, 9.17) is 4.74 Å². The molecule has 1 saturated heterocycles. The van der Waals surface area contributed by atoms with Gasteiger partial charge in [-0.25, -0.2) is 0 Å². The molecule has 1 aliphatic heterocycles. The van der Waals surface area contributed by atoms with Gasteiger partial charge in [0.2, 0.25) is 0 Å². The molecule has 0 aromatic heterocycles. The van der Waals surface area contributed by atoms with Crippen LogP contribution >= 0.6 is 0 Å². The first-order valence-electron chi connectivity index (χ1n) is 4.41. The summed E-state index contributed by atoms with van der Waals surface area (Å²) in [6, 6.07) is 0. The molecule has 1 fully saturated rings. The fourth-order valence-corrected chi connectivity index (χ4v) is 1.64. The lowest BCUT2D eigenvalue weighted by Gasteiger charge is -2.43. The van der Waals surface area contributed by atoms with Gasteiger partial charge in [0.25, 0.3) is 0 Å². The van der Waals surface area contributed by atoms with Crippen LogP contribution in [0.5, 0.6) is 0 Å². The van der Waals surface area contributed by atoms with E-state index in [1.807, 2.05) is 0 Å². The molecule has 11 heavy (non-hydrogen) atoms. The highest BCUT2D eigenvalue weighted by atomic mass is 16.5. The second kappa shape index (κ2) is 2.98. The molecule has 1 atom stereocenters. The van der Waals surface area contributed by atoms with Gasteiger partial charge in [-0.3, -0.25) is 0 Å². The molecule has 64 valence electrons. The quantitative estimate of drug-likeness (QED) is 0.556. The predicted molar refractivity (Wildman–Crippen MR) is 47.6 cm³/mol. The van der Waals surface area contributed by atoms with E-state index in [-0.39, 0.29) is 5.60 Å². The van der Waals surface area contributed by atoms with E-state index in [2.05, 4.69) is 27.7 Å². The van der Waals surface area contributed by atoms with Gasteiger partial charge in [-0.05, 0) is 32.8 Å². The monoisotopic (exact) mass is 154 g/mol. The van der Waals surface area contributed by atoms with Crippen molar-refractivity contribution in [2.75, 3.05) is 6.61 Å². The molecule has 1 rings (SSSR count). The Morgan fingerprint density at radius 2 is 1.91 bits per heavy atom. The van der Waals surface area contributed by atoms with Gasteiger partial charge >= 0.3 is 0 Å². The fraction of sp³-hybridized carbons (Fsp3) is 0.800. The Morgan fingerprint density at radius 1 is 1.36 bits per heavy atom. The van der Waals surface area contributed by atoms with Gasteiger partial charge in [0.15, 0.2) is 0 Å². The third-order valence-corrected chi connectivity index (χ3v) is 2.89. The van der Waals surface area contributed by atoms with Crippen LogP contribution in [0.15, 0.2) is 11.1 Å². The zero-order chi connectivity index (χ0) is 8.48. The van der Waals surface area contributed by atoms with Crippen molar-refractivity contribution in [2.45, 2.75) is 46.1 Å². The van der Waals surface area contributed by atoms with E-state index < -0.39 is 0 Å². The molecule has 1 unspecified atom stereocenters. The first kappa shape index (κ1) is 8.79. The van der Waals surface area contributed by atoms with Crippen LogP contribution in [0.4, 0.5) is 0 Å². The van der Waals surface area contributed by atoms with Gasteiger partial charge in [0, 0.05) is 6.42 Å². The highest BCUT2D eigenvalue weighted by Crippen LogP contribution is 2.38. The van der Waals surface area contributed by atoms with E-state index >= 15 is 0 Å². The van der Waals surface area contributed by atoms with Crippen molar-refractivity contribution in [2.24, 2.45) is 0 Å². The van der Waals surface area contributed by atoms with E-state index in [0.29, 0.717) is 0 Å². The van der Waals surface area contributed by atoms with Gasteiger partial charge in [0.1, 0.15) is 0 Å². The summed E-state index contributed by atoms with van der Waals surface area (Å²) in [7, 11) is 0. The van der Waals surface area contributed by atoms with Crippen LogP contribution in [0, 0.1) is 0 Å². The molecule has 1 nitrogen and oxygen atoms in total. The summed E-state index contributed by atoms with van der Waals surface area (Å²) in [5, 5.41) is 0. The molecule has 0 radical (unpaired) electrons. The average Bonchev–Trinajstić information content (AvgIpc) is 1.86. The minimum absolute atomic E-state index is 0.124. The van der Waals surface area contributed by atoms with Crippen LogP contribution in [0.2, 0.25) is 0 Å². The van der Waals surface area contributed by atoms with Crippen LogP contribution in [-0.4, -0.2) is 12.2 Å². The largest absolute Gasteiger partial charge is 0.370 e. The van der Waals surface area contributed by atoms with E-state index in [1.165, 1.54) is 17.6 Å². The predicted octanol–water partition coefficient (Wildman–Crippen LogP) is 2.91. The molecule has 1 heterocycles. The van der Waals surface area contributed by atoms with Gasteiger partial charge < -0.3 is 4.74 Å². The topological polar surface area (TPSA) is 9.23 Å². The Morgan fingerprint density at radius 3 is 2.00 bits per heavy atom. The highest BCUT2D eigenvalue weighted by Gasteiger charge is 2.38. The molecule has 0 saturated carbocycles. The minimum atomic E-state index is 0.124. The second-order valence-corrected chi connectivity index (χ2v) is 3.57. The van der Waals surface area contributed by atoms with Crippen molar-refractivity contribution in [3.63, 3.8) is 0 Å². The number of hydrogen-bond acceptors (Lipinski definition) is 1. The SMILES string of the molecule is CCC1(C(C)=C(C)C)CCO1. The maximum absolute atomic E-state index is 5.63. The lowest BCUT2D eigenvalue weighted by molar-refractivity contribution is -0.122. The Balaban J connectivity index is 2.78. The van der Waals surface area contributed by atoms with Gasteiger partial charge in [-0.15, -0.1) is 0 Å². The van der Waals surface area contributed by atoms with Gasteiger partial charge in [-0.1, -0.05) is 12.5 Å². The molecule has 0 bridgehead atoms. The van der Waals surface area contributed by atoms with Gasteiger partial charge in [0.05, 0.1) is 12.2 Å². The summed E-state index contributed by atoms with van der Waals surface area (Å²) < 4.78 is 5.63. The normalized spacial score (nSPS) is 29.5. The summed E-state index contributed by atoms with van der Waals surface area (Å²) in [4.78, 5) is 0. The lowest BCUT2D eigenvalue weighted by Crippen LogP contribution is -2.44. The Labute approximate surface area is 69.4 Å². The second-order valence-electron chi connectivity index (χ2n) is 3.57. The standard InChI is InChI=1S/C10H18O/c1-5-10(6-7-11-10)9(4)8(2)3/h5-7H2,1-4H3. The van der Waals surface area contributed by atoms with Crippen LogP contribution in [0.1, 0.15) is 40.5 Å². The van der Waals surface area contributed by atoms with E-state index in [1.54, 1.807) is 0 Å². The number of hydrogen-bond donors (Lipinski definition) is 0. The summed E-state index contributed by atoms with van der Waals surface area (Å²) in [6.07, 6.45) is 2.32. The summed E-state index contributed by atoms with van der Waals surface area (Å²) in [5.41, 5.74) is 2.97. The number of ether oxygens (including phenoxy) is 1. The lowest BCUT2D eigenvalue weighted by atomic mass is 9.82. The van der Waals surface area contributed by atoms with Crippen LogP contribution in [0.3, 0.4) is 0 Å². The Bertz CT molecular complexity index is 166. The summed E-state index contributed by atoms with van der Waals surface area (Å²) in [5.74, 6) is 0. The molecular formula is C10H18O. The van der Waals surface area contributed by atoms with Crippen molar-refractivity contribution in [3.8, 4) is 0 Å². The first-order chi connectivity index (χ1) is 5.12. The van der Waals surface area contributed by atoms with Crippen molar-refractivity contribution >= 4 is 0 Å². The maximum atomic E-state index is 5.63. The fourth-order valence-electron chi connectivity index (χ4n) is 1.64. The van der Waals surface area contributed by atoms with Crippen LogP contribution in [0.25, 0.3) is 0 Å². The smallest absolute Gasteiger partial charge is 0.0910 e.